The molecule has 3 nitrogen and oxygen atoms in total. The number of rotatable bonds is 3. The van der Waals surface area contributed by atoms with Gasteiger partial charge in [0, 0.05) is 21.6 Å². The van der Waals surface area contributed by atoms with Gasteiger partial charge in [0.15, 0.2) is 0 Å². The molecule has 0 bridgehead atoms. The van der Waals surface area contributed by atoms with E-state index in [2.05, 4.69) is 36.8 Å². The van der Waals surface area contributed by atoms with Crippen molar-refractivity contribution in [2.75, 3.05) is 0 Å². The molecule has 0 spiro atoms. The Morgan fingerprint density at radius 1 is 1.05 bits per heavy atom. The minimum absolute atomic E-state index is 0.0459. The number of hydrogen-bond donors (Lipinski definition) is 1. The first-order chi connectivity index (χ1) is 10.2. The predicted molar refractivity (Wildman–Crippen MR) is 89.6 cm³/mol. The summed E-state index contributed by atoms with van der Waals surface area (Å²) in [7, 11) is 0. The van der Waals surface area contributed by atoms with E-state index in [1.165, 1.54) is 0 Å². The normalized spacial score (nSPS) is 10.8. The monoisotopic (exact) mass is 407 g/mol. The third-order valence-corrected chi connectivity index (χ3v) is 4.22. The number of nitrogens with zero attached hydrogens (tertiary/aromatic N) is 1. The number of aliphatic hydroxyl groups is 1. The molecule has 0 saturated heterocycles. The van der Waals surface area contributed by atoms with Crippen LogP contribution in [-0.4, -0.2) is 10.1 Å². The van der Waals surface area contributed by atoms with Crippen molar-refractivity contribution < 1.29 is 9.84 Å². The molecule has 106 valence electrons. The summed E-state index contributed by atoms with van der Waals surface area (Å²) in [5.41, 5.74) is 0.785. The second kappa shape index (κ2) is 6.13. The van der Waals surface area contributed by atoms with E-state index < -0.39 is 0 Å². The van der Waals surface area contributed by atoms with Crippen LogP contribution in [0.1, 0.15) is 5.56 Å². The summed E-state index contributed by atoms with van der Waals surface area (Å²) in [5, 5.41) is 11.2. The van der Waals surface area contributed by atoms with Crippen LogP contribution >= 0.6 is 31.9 Å². The van der Waals surface area contributed by atoms with Crippen LogP contribution in [0.2, 0.25) is 0 Å². The summed E-state index contributed by atoms with van der Waals surface area (Å²) in [6.45, 7) is -0.0459. The van der Waals surface area contributed by atoms with Crippen molar-refractivity contribution in [2.45, 2.75) is 6.61 Å². The van der Waals surface area contributed by atoms with Gasteiger partial charge in [-0.15, -0.1) is 0 Å². The Balaban J connectivity index is 2.09. The highest BCUT2D eigenvalue weighted by Crippen LogP contribution is 2.34. The minimum atomic E-state index is -0.0459. The van der Waals surface area contributed by atoms with Crippen LogP contribution in [0.5, 0.6) is 11.6 Å². The molecule has 0 fully saturated rings. The molecule has 3 rings (SSSR count). The Hall–Kier alpha value is -1.43. The van der Waals surface area contributed by atoms with Crippen molar-refractivity contribution in [3.05, 3.63) is 63.2 Å². The first-order valence-corrected chi connectivity index (χ1v) is 7.88. The summed E-state index contributed by atoms with van der Waals surface area (Å²) in [6, 6.07) is 13.4. The van der Waals surface area contributed by atoms with Crippen LogP contribution in [0.15, 0.2) is 57.6 Å². The van der Waals surface area contributed by atoms with Gasteiger partial charge in [-0.25, -0.2) is 4.98 Å². The van der Waals surface area contributed by atoms with Crippen LogP contribution in [0, 0.1) is 0 Å². The maximum Gasteiger partial charge on any atom is 0.227 e. The highest BCUT2D eigenvalue weighted by atomic mass is 79.9. The molecule has 1 aromatic heterocycles. The molecule has 0 aliphatic carbocycles. The SMILES string of the molecule is OCc1cnc(Oc2ccc(Br)cc2Br)c2ccccc12. The number of hydrogen-bond acceptors (Lipinski definition) is 3. The summed E-state index contributed by atoms with van der Waals surface area (Å²) < 4.78 is 7.73. The van der Waals surface area contributed by atoms with E-state index in [1.807, 2.05) is 42.5 Å². The van der Waals surface area contributed by atoms with Gasteiger partial charge in [-0.2, -0.15) is 0 Å². The number of aliphatic hydroxyl groups excluding tert-OH is 1. The first kappa shape index (κ1) is 14.5. The highest BCUT2D eigenvalue weighted by Gasteiger charge is 2.10. The van der Waals surface area contributed by atoms with E-state index in [9.17, 15) is 5.11 Å². The second-order valence-electron chi connectivity index (χ2n) is 4.47. The smallest absolute Gasteiger partial charge is 0.227 e. The lowest BCUT2D eigenvalue weighted by Gasteiger charge is -2.11. The number of fused-ring (bicyclic) bond motifs is 1. The van der Waals surface area contributed by atoms with E-state index >= 15 is 0 Å². The summed E-state index contributed by atoms with van der Waals surface area (Å²) >= 11 is 6.89. The standard InChI is InChI=1S/C16H11Br2NO2/c17-11-5-6-15(14(18)7-11)21-16-13-4-2-1-3-12(13)10(9-20)8-19-16/h1-8,20H,9H2. The van der Waals surface area contributed by atoms with Gasteiger partial charge in [0.25, 0.3) is 0 Å². The quantitative estimate of drug-likeness (QED) is 0.659. The maximum absolute atomic E-state index is 9.40. The van der Waals surface area contributed by atoms with Gasteiger partial charge < -0.3 is 9.84 Å². The third kappa shape index (κ3) is 2.95. The molecule has 0 unspecified atom stereocenters. The van der Waals surface area contributed by atoms with Crippen molar-refractivity contribution in [2.24, 2.45) is 0 Å². The molecular weight excluding hydrogens is 398 g/mol. The molecule has 0 atom stereocenters. The molecule has 1 heterocycles. The van der Waals surface area contributed by atoms with Crippen LogP contribution < -0.4 is 4.74 Å². The minimum Gasteiger partial charge on any atom is -0.437 e. The third-order valence-electron chi connectivity index (χ3n) is 3.11. The number of aromatic nitrogens is 1. The average molecular weight is 409 g/mol. The lowest BCUT2D eigenvalue weighted by atomic mass is 10.1. The molecule has 0 aliphatic heterocycles. The summed E-state index contributed by atoms with van der Waals surface area (Å²) in [6.07, 6.45) is 1.64. The zero-order valence-corrected chi connectivity index (χ0v) is 14.1. The van der Waals surface area contributed by atoms with Crippen LogP contribution in [0.4, 0.5) is 0 Å². The number of benzene rings is 2. The topological polar surface area (TPSA) is 42.4 Å². The Bertz CT molecular complexity index is 805. The van der Waals surface area contributed by atoms with Crippen LogP contribution in [0.3, 0.4) is 0 Å². The fraction of sp³-hybridized carbons (Fsp3) is 0.0625. The van der Waals surface area contributed by atoms with E-state index in [0.29, 0.717) is 11.6 Å². The van der Waals surface area contributed by atoms with Gasteiger partial charge >= 0.3 is 0 Å². The molecule has 0 saturated carbocycles. The van der Waals surface area contributed by atoms with Crippen LogP contribution in [-0.2, 0) is 6.61 Å². The van der Waals surface area contributed by atoms with E-state index in [-0.39, 0.29) is 6.61 Å². The number of halogens is 2. The molecule has 0 amide bonds. The fourth-order valence-corrected chi connectivity index (χ4v) is 3.22. The van der Waals surface area contributed by atoms with Gasteiger partial charge in [0.05, 0.1) is 11.1 Å². The second-order valence-corrected chi connectivity index (χ2v) is 6.24. The fourth-order valence-electron chi connectivity index (χ4n) is 2.09. The zero-order valence-electron chi connectivity index (χ0n) is 10.9. The van der Waals surface area contributed by atoms with Gasteiger partial charge in [-0.05, 0) is 45.6 Å². The van der Waals surface area contributed by atoms with E-state index in [1.54, 1.807) is 6.20 Å². The lowest BCUT2D eigenvalue weighted by molar-refractivity contribution is 0.282. The Morgan fingerprint density at radius 3 is 2.52 bits per heavy atom. The Morgan fingerprint density at radius 2 is 1.81 bits per heavy atom. The van der Waals surface area contributed by atoms with Crippen molar-refractivity contribution in [3.63, 3.8) is 0 Å². The van der Waals surface area contributed by atoms with Gasteiger partial charge in [-0.3, -0.25) is 0 Å². The van der Waals surface area contributed by atoms with Gasteiger partial charge in [0.1, 0.15) is 5.75 Å². The van der Waals surface area contributed by atoms with Crippen molar-refractivity contribution in [3.8, 4) is 11.6 Å². The van der Waals surface area contributed by atoms with Crippen molar-refractivity contribution in [1.29, 1.82) is 0 Å². The van der Waals surface area contributed by atoms with Gasteiger partial charge in [0.2, 0.25) is 5.88 Å². The maximum atomic E-state index is 9.40. The van der Waals surface area contributed by atoms with Crippen LogP contribution in [0.25, 0.3) is 10.8 Å². The van der Waals surface area contributed by atoms with Crippen molar-refractivity contribution >= 4 is 42.6 Å². The highest BCUT2D eigenvalue weighted by molar-refractivity contribution is 9.11. The number of ether oxygens (including phenoxy) is 1. The average Bonchev–Trinajstić information content (AvgIpc) is 2.50. The summed E-state index contributed by atoms with van der Waals surface area (Å²) in [4.78, 5) is 4.32. The van der Waals surface area contributed by atoms with Crippen molar-refractivity contribution in [1.82, 2.24) is 4.98 Å². The Kier molecular flexibility index (Phi) is 4.24. The largest absolute Gasteiger partial charge is 0.437 e. The molecule has 0 radical (unpaired) electrons. The molecule has 2 aromatic carbocycles. The predicted octanol–water partition coefficient (Wildman–Crippen LogP) is 5.04. The van der Waals surface area contributed by atoms with E-state index in [4.69, 9.17) is 4.74 Å². The summed E-state index contributed by atoms with van der Waals surface area (Å²) in [5.74, 6) is 1.21. The molecular formula is C16H11Br2NO2. The molecule has 21 heavy (non-hydrogen) atoms. The molecule has 3 aromatic rings. The lowest BCUT2D eigenvalue weighted by Crippen LogP contribution is -1.94. The zero-order chi connectivity index (χ0) is 14.8. The molecule has 0 aliphatic rings. The van der Waals surface area contributed by atoms with Gasteiger partial charge in [-0.1, -0.05) is 34.1 Å². The molecule has 5 heteroatoms. The number of pyridine rings is 1. The van der Waals surface area contributed by atoms with E-state index in [0.717, 1.165) is 25.3 Å². The first-order valence-electron chi connectivity index (χ1n) is 6.29. The molecule has 1 N–H and O–H groups in total. The Labute approximate surface area is 138 Å².